The lowest BCUT2D eigenvalue weighted by atomic mass is 10.2. The lowest BCUT2D eigenvalue weighted by Gasteiger charge is -2.15. The van der Waals surface area contributed by atoms with Crippen LogP contribution in [0.4, 0.5) is 0 Å². The maximum Gasteiger partial charge on any atom is 0.344 e. The van der Waals surface area contributed by atoms with Crippen molar-refractivity contribution in [1.29, 1.82) is 0 Å². The number of carbonyl (C=O) groups excluding carboxylic acids is 1. The molecule has 2 unspecified atom stereocenters. The third kappa shape index (κ3) is 3.34. The van der Waals surface area contributed by atoms with Crippen LogP contribution < -0.4 is 5.11 Å². The van der Waals surface area contributed by atoms with Crippen molar-refractivity contribution in [3.63, 3.8) is 0 Å². The zero-order valence-electron chi connectivity index (χ0n) is 6.94. The molecule has 0 saturated carbocycles. The summed E-state index contributed by atoms with van der Waals surface area (Å²) in [5.74, 6) is -2.77. The molecule has 0 aliphatic rings. The van der Waals surface area contributed by atoms with Gasteiger partial charge in [0.1, 0.15) is 0 Å². The van der Waals surface area contributed by atoms with Gasteiger partial charge in [-0.2, -0.15) is 0 Å². The van der Waals surface area contributed by atoms with Gasteiger partial charge in [0.15, 0.2) is 6.10 Å². The van der Waals surface area contributed by atoms with Gasteiger partial charge >= 0.3 is 11.9 Å². The average Bonchev–Trinajstić information content (AvgIpc) is 2.02. The summed E-state index contributed by atoms with van der Waals surface area (Å²) >= 11 is 0. The van der Waals surface area contributed by atoms with Crippen molar-refractivity contribution in [3.05, 3.63) is 0 Å². The van der Waals surface area contributed by atoms with Crippen LogP contribution in [-0.2, 0) is 14.3 Å². The third-order valence-corrected chi connectivity index (χ3v) is 1.29. The molecule has 12 heavy (non-hydrogen) atoms. The number of hydrogen-bond donors (Lipinski definition) is 1. The molecule has 2 atom stereocenters. The molecule has 0 saturated heterocycles. The molecule has 70 valence electrons. The van der Waals surface area contributed by atoms with Gasteiger partial charge < -0.3 is 14.9 Å². The summed E-state index contributed by atoms with van der Waals surface area (Å²) in [6.45, 7) is 2.03. The molecular weight excluding hydrogens is 164 g/mol. The molecule has 0 radical (unpaired) electrons. The van der Waals surface area contributed by atoms with Crippen LogP contribution in [0.25, 0.3) is 0 Å². The Balaban J connectivity index is 3.92. The highest BCUT2D eigenvalue weighted by Gasteiger charge is 2.18. The Hall–Kier alpha value is -1.10. The molecule has 0 aliphatic carbocycles. The highest BCUT2D eigenvalue weighted by atomic mass is 16.6. The van der Waals surface area contributed by atoms with Crippen LogP contribution >= 0.6 is 0 Å². The minimum atomic E-state index is -1.22. The van der Waals surface area contributed by atoms with Crippen molar-refractivity contribution >= 4 is 11.9 Å². The highest BCUT2D eigenvalue weighted by molar-refractivity contribution is 5.78. The Morgan fingerprint density at radius 1 is 1.50 bits per heavy atom. The van der Waals surface area contributed by atoms with E-state index in [9.17, 15) is 14.7 Å². The summed E-state index contributed by atoms with van der Waals surface area (Å²) in [6, 6.07) is 0. The van der Waals surface area contributed by atoms with E-state index in [1.807, 2.05) is 0 Å². The number of hydrogen-bond acceptors (Lipinski definition) is 4. The second-order valence-corrected chi connectivity index (χ2v) is 2.49. The fraction of sp³-hybridized carbons (Fsp3) is 0.714. The number of ether oxygens (including phenoxy) is 1. The molecule has 0 aromatic carbocycles. The normalized spacial score (nSPS) is 14.9. The first kappa shape index (κ1) is 10.9. The molecule has 0 aliphatic heterocycles. The van der Waals surface area contributed by atoms with E-state index in [2.05, 4.69) is 4.74 Å². The van der Waals surface area contributed by atoms with E-state index in [1.165, 1.54) is 13.8 Å². The number of rotatable bonds is 4. The first-order valence-corrected chi connectivity index (χ1v) is 3.50. The summed E-state index contributed by atoms with van der Waals surface area (Å²) in [4.78, 5) is 21.0. The van der Waals surface area contributed by atoms with E-state index < -0.39 is 30.6 Å². The summed E-state index contributed by atoms with van der Waals surface area (Å²) in [7, 11) is 0. The number of carboxylic acids is 1. The molecule has 0 fully saturated rings. The second kappa shape index (κ2) is 4.71. The molecule has 0 rings (SSSR count). The van der Waals surface area contributed by atoms with Crippen LogP contribution in [0.1, 0.15) is 13.8 Å². The minimum absolute atomic E-state index is 0.592. The van der Waals surface area contributed by atoms with E-state index in [4.69, 9.17) is 5.11 Å². The van der Waals surface area contributed by atoms with Gasteiger partial charge in [-0.1, -0.05) is 6.92 Å². The zero-order chi connectivity index (χ0) is 9.72. The van der Waals surface area contributed by atoms with E-state index in [-0.39, 0.29) is 0 Å². The lowest BCUT2D eigenvalue weighted by molar-refractivity contribution is -0.375. The summed E-state index contributed by atoms with van der Waals surface area (Å²) in [5, 5.41) is 18.5. The fourth-order valence-electron chi connectivity index (χ4n) is 0.409. The second-order valence-electron chi connectivity index (χ2n) is 2.49. The molecule has 0 spiro atoms. The molecule has 0 aromatic heterocycles. The molecule has 0 aromatic rings. The van der Waals surface area contributed by atoms with E-state index in [0.717, 1.165) is 0 Å². The molecular formula is C7H11O5-. The van der Waals surface area contributed by atoms with Crippen LogP contribution in [0.3, 0.4) is 0 Å². The maximum absolute atomic E-state index is 10.8. The molecule has 5 heteroatoms. The number of esters is 1. The van der Waals surface area contributed by atoms with Crippen molar-refractivity contribution in [2.45, 2.75) is 20.0 Å². The van der Waals surface area contributed by atoms with E-state index >= 15 is 0 Å². The monoisotopic (exact) mass is 175 g/mol. The van der Waals surface area contributed by atoms with Gasteiger partial charge in [-0.25, -0.2) is 4.79 Å². The average molecular weight is 175 g/mol. The van der Waals surface area contributed by atoms with Crippen LogP contribution in [0.5, 0.6) is 0 Å². The number of aliphatic carboxylic acids is 1. The summed E-state index contributed by atoms with van der Waals surface area (Å²) in [5.41, 5.74) is 0. The van der Waals surface area contributed by atoms with Gasteiger partial charge in [0.25, 0.3) is 0 Å². The summed E-state index contributed by atoms with van der Waals surface area (Å²) < 4.78 is 4.43. The Bertz CT molecular complexity index is 177. The Morgan fingerprint density at radius 2 is 2.00 bits per heavy atom. The smallest absolute Gasteiger partial charge is 0.344 e. The SMILES string of the molecule is CC(C[O-])C(=O)OC(C)C(=O)O. The zero-order valence-corrected chi connectivity index (χ0v) is 6.94. The molecule has 1 N–H and O–H groups in total. The molecule has 0 heterocycles. The highest BCUT2D eigenvalue weighted by Crippen LogP contribution is 1.99. The van der Waals surface area contributed by atoms with Crippen molar-refractivity contribution < 1.29 is 24.5 Å². The van der Waals surface area contributed by atoms with Gasteiger partial charge in [-0.3, -0.25) is 4.79 Å². The van der Waals surface area contributed by atoms with Gasteiger partial charge in [0.2, 0.25) is 0 Å². The Kier molecular flexibility index (Phi) is 4.28. The summed E-state index contributed by atoms with van der Waals surface area (Å²) in [6.07, 6.45) is -1.19. The van der Waals surface area contributed by atoms with Crippen LogP contribution in [0, 0.1) is 5.92 Å². The predicted octanol–water partition coefficient (Wildman–Crippen LogP) is -1.00. The first-order valence-electron chi connectivity index (χ1n) is 3.50. The molecule has 5 nitrogen and oxygen atoms in total. The Labute approximate surface area is 70.0 Å². The van der Waals surface area contributed by atoms with E-state index in [0.29, 0.717) is 0 Å². The largest absolute Gasteiger partial charge is 0.854 e. The Morgan fingerprint density at radius 3 is 2.33 bits per heavy atom. The van der Waals surface area contributed by atoms with Crippen molar-refractivity contribution in [2.24, 2.45) is 5.92 Å². The lowest BCUT2D eigenvalue weighted by Crippen LogP contribution is -2.31. The fourth-order valence-corrected chi connectivity index (χ4v) is 0.409. The predicted molar refractivity (Wildman–Crippen MR) is 37.2 cm³/mol. The standard InChI is InChI=1S/C7H11O5/c1-4(3-8)7(11)12-5(2)6(9)10/h4-5H,3H2,1-2H3,(H,9,10)/q-1. The number of carboxylic acid groups (broad SMARTS) is 1. The van der Waals surface area contributed by atoms with Crippen molar-refractivity contribution in [3.8, 4) is 0 Å². The first-order chi connectivity index (χ1) is 5.49. The van der Waals surface area contributed by atoms with Gasteiger partial charge in [-0.05, 0) is 6.92 Å². The van der Waals surface area contributed by atoms with Gasteiger partial charge in [0.05, 0.1) is 0 Å². The van der Waals surface area contributed by atoms with Crippen molar-refractivity contribution in [2.75, 3.05) is 6.61 Å². The minimum Gasteiger partial charge on any atom is -0.854 e. The topological polar surface area (TPSA) is 86.7 Å². The molecule has 0 amide bonds. The van der Waals surface area contributed by atoms with Crippen molar-refractivity contribution in [1.82, 2.24) is 0 Å². The number of carbonyl (C=O) groups is 2. The maximum atomic E-state index is 10.8. The van der Waals surface area contributed by atoms with Crippen LogP contribution in [0.2, 0.25) is 0 Å². The quantitative estimate of drug-likeness (QED) is 0.554. The van der Waals surface area contributed by atoms with Crippen LogP contribution in [-0.4, -0.2) is 29.8 Å². The van der Waals surface area contributed by atoms with Crippen LogP contribution in [0.15, 0.2) is 0 Å². The van der Waals surface area contributed by atoms with Gasteiger partial charge in [0, 0.05) is 5.92 Å². The van der Waals surface area contributed by atoms with Gasteiger partial charge in [-0.15, -0.1) is 6.61 Å². The third-order valence-electron chi connectivity index (χ3n) is 1.29. The molecule has 0 bridgehead atoms. The van der Waals surface area contributed by atoms with E-state index in [1.54, 1.807) is 0 Å².